The molecule has 0 radical (unpaired) electrons. The van der Waals surface area contributed by atoms with Crippen LogP contribution in [-0.2, 0) is 19.6 Å². The molecule has 96 valence electrons. The zero-order valence-corrected chi connectivity index (χ0v) is 9.98. The second-order valence-corrected chi connectivity index (χ2v) is 4.80. The number of carbonyl (C=O) groups is 2. The molecule has 1 aromatic rings. The third-order valence-electron chi connectivity index (χ3n) is 1.85. The SMILES string of the molecule is NC(=O)/C=C\C(=O)Nc1ccccc1S(N)(=O)=O. The zero-order valence-electron chi connectivity index (χ0n) is 9.16. The molecule has 0 saturated heterocycles. The fourth-order valence-corrected chi connectivity index (χ4v) is 1.84. The number of primary sulfonamides is 1. The minimum atomic E-state index is -3.94. The maximum atomic E-state index is 11.4. The third kappa shape index (κ3) is 4.00. The van der Waals surface area contributed by atoms with Crippen LogP contribution in [0, 0.1) is 0 Å². The summed E-state index contributed by atoms with van der Waals surface area (Å²) in [7, 11) is -3.94. The van der Waals surface area contributed by atoms with Crippen LogP contribution >= 0.6 is 0 Å². The summed E-state index contributed by atoms with van der Waals surface area (Å²) in [6, 6.07) is 5.62. The van der Waals surface area contributed by atoms with Crippen molar-refractivity contribution < 1.29 is 18.0 Å². The first-order chi connectivity index (χ1) is 8.30. The van der Waals surface area contributed by atoms with Crippen molar-refractivity contribution in [3.8, 4) is 0 Å². The van der Waals surface area contributed by atoms with Crippen LogP contribution in [0.3, 0.4) is 0 Å². The van der Waals surface area contributed by atoms with Gasteiger partial charge in [0, 0.05) is 12.2 Å². The van der Waals surface area contributed by atoms with Crippen LogP contribution in [0.2, 0.25) is 0 Å². The molecule has 0 atom stereocenters. The van der Waals surface area contributed by atoms with Gasteiger partial charge in [0.25, 0.3) is 0 Å². The smallest absolute Gasteiger partial charge is 0.248 e. The molecule has 0 fully saturated rings. The van der Waals surface area contributed by atoms with Gasteiger partial charge in [-0.2, -0.15) is 0 Å². The van der Waals surface area contributed by atoms with Gasteiger partial charge < -0.3 is 11.1 Å². The highest BCUT2D eigenvalue weighted by Crippen LogP contribution is 2.18. The number of nitrogens with two attached hydrogens (primary N) is 2. The Morgan fingerprint density at radius 3 is 2.33 bits per heavy atom. The van der Waals surface area contributed by atoms with Gasteiger partial charge in [0.2, 0.25) is 21.8 Å². The maximum Gasteiger partial charge on any atom is 0.248 e. The van der Waals surface area contributed by atoms with Gasteiger partial charge in [-0.05, 0) is 12.1 Å². The molecular weight excluding hydrogens is 258 g/mol. The van der Waals surface area contributed by atoms with Crippen molar-refractivity contribution in [2.24, 2.45) is 10.9 Å². The first-order valence-corrected chi connectivity index (χ1v) is 6.25. The van der Waals surface area contributed by atoms with Gasteiger partial charge >= 0.3 is 0 Å². The number of benzene rings is 1. The summed E-state index contributed by atoms with van der Waals surface area (Å²) < 4.78 is 22.5. The number of hydrogen-bond acceptors (Lipinski definition) is 4. The third-order valence-corrected chi connectivity index (χ3v) is 2.82. The number of para-hydroxylation sites is 1. The minimum Gasteiger partial charge on any atom is -0.366 e. The van der Waals surface area contributed by atoms with Crippen molar-refractivity contribution in [1.29, 1.82) is 0 Å². The van der Waals surface area contributed by atoms with Crippen molar-refractivity contribution >= 4 is 27.5 Å². The fraction of sp³-hybridized carbons (Fsp3) is 0. The van der Waals surface area contributed by atoms with Crippen molar-refractivity contribution in [1.82, 2.24) is 0 Å². The van der Waals surface area contributed by atoms with Crippen molar-refractivity contribution in [3.63, 3.8) is 0 Å². The molecule has 0 bridgehead atoms. The van der Waals surface area contributed by atoms with Gasteiger partial charge in [-0.3, -0.25) is 9.59 Å². The van der Waals surface area contributed by atoms with Crippen LogP contribution < -0.4 is 16.2 Å². The van der Waals surface area contributed by atoms with E-state index in [4.69, 9.17) is 10.9 Å². The summed E-state index contributed by atoms with van der Waals surface area (Å²) in [5.74, 6) is -1.48. The topological polar surface area (TPSA) is 132 Å². The number of anilines is 1. The van der Waals surface area contributed by atoms with E-state index in [1.807, 2.05) is 0 Å². The second kappa shape index (κ2) is 5.43. The molecular formula is C10H11N3O4S. The summed E-state index contributed by atoms with van der Waals surface area (Å²) in [4.78, 5) is 21.6. The first kappa shape index (κ1) is 13.9. The molecule has 0 saturated carbocycles. The van der Waals surface area contributed by atoms with Crippen molar-refractivity contribution in [2.45, 2.75) is 4.90 Å². The number of primary amides is 1. The van der Waals surface area contributed by atoms with Crippen LogP contribution in [0.5, 0.6) is 0 Å². The molecule has 18 heavy (non-hydrogen) atoms. The Balaban J connectivity index is 2.99. The lowest BCUT2D eigenvalue weighted by Crippen LogP contribution is -2.17. The van der Waals surface area contributed by atoms with Gasteiger partial charge in [-0.1, -0.05) is 12.1 Å². The summed E-state index contributed by atoms with van der Waals surface area (Å²) in [5.41, 5.74) is 4.84. The molecule has 0 unspecified atom stereocenters. The van der Waals surface area contributed by atoms with E-state index in [0.717, 1.165) is 12.2 Å². The molecule has 1 rings (SSSR count). The Labute approximate surface area is 104 Å². The Morgan fingerprint density at radius 1 is 1.17 bits per heavy atom. The predicted octanol–water partition coefficient (Wildman–Crippen LogP) is -0.686. The average molecular weight is 269 g/mol. The number of rotatable bonds is 4. The zero-order chi connectivity index (χ0) is 13.8. The Morgan fingerprint density at radius 2 is 1.78 bits per heavy atom. The van der Waals surface area contributed by atoms with Gasteiger partial charge in [0.15, 0.2) is 0 Å². The molecule has 0 aliphatic rings. The average Bonchev–Trinajstić information content (AvgIpc) is 2.25. The number of nitrogens with one attached hydrogen (secondary N) is 1. The van der Waals surface area contributed by atoms with E-state index in [0.29, 0.717) is 0 Å². The lowest BCUT2D eigenvalue weighted by atomic mass is 10.3. The molecule has 0 aromatic heterocycles. The number of amides is 2. The number of carbonyl (C=O) groups excluding carboxylic acids is 2. The van der Waals surface area contributed by atoms with Crippen LogP contribution in [0.25, 0.3) is 0 Å². The standard InChI is InChI=1S/C10H11N3O4S/c11-9(14)5-6-10(15)13-7-3-1-2-4-8(7)18(12,16)17/h1-6H,(H2,11,14)(H,13,15)(H2,12,16,17)/b6-5-. The normalized spacial score (nSPS) is 11.4. The van der Waals surface area contributed by atoms with E-state index in [-0.39, 0.29) is 10.6 Å². The molecule has 0 spiro atoms. The Kier molecular flexibility index (Phi) is 4.18. The molecule has 8 heteroatoms. The molecule has 1 aromatic carbocycles. The van der Waals surface area contributed by atoms with Crippen LogP contribution in [0.15, 0.2) is 41.3 Å². The molecule has 0 heterocycles. The maximum absolute atomic E-state index is 11.4. The van der Waals surface area contributed by atoms with Gasteiger partial charge in [0.1, 0.15) is 4.90 Å². The van der Waals surface area contributed by atoms with E-state index in [1.165, 1.54) is 24.3 Å². The van der Waals surface area contributed by atoms with Crippen LogP contribution in [0.1, 0.15) is 0 Å². The van der Waals surface area contributed by atoms with E-state index < -0.39 is 21.8 Å². The number of sulfonamides is 1. The summed E-state index contributed by atoms with van der Waals surface area (Å²) >= 11 is 0. The quantitative estimate of drug-likeness (QED) is 0.624. The van der Waals surface area contributed by atoms with Crippen LogP contribution in [-0.4, -0.2) is 20.2 Å². The lowest BCUT2D eigenvalue weighted by molar-refractivity contribution is -0.115. The molecule has 5 N–H and O–H groups in total. The fourth-order valence-electron chi connectivity index (χ4n) is 1.15. The van der Waals surface area contributed by atoms with Gasteiger partial charge in [0.05, 0.1) is 5.69 Å². The van der Waals surface area contributed by atoms with Gasteiger partial charge in [-0.15, -0.1) is 0 Å². The van der Waals surface area contributed by atoms with Crippen molar-refractivity contribution in [3.05, 3.63) is 36.4 Å². The Hall–Kier alpha value is -2.19. The molecule has 0 aliphatic carbocycles. The molecule has 7 nitrogen and oxygen atoms in total. The second-order valence-electron chi connectivity index (χ2n) is 3.27. The van der Waals surface area contributed by atoms with Gasteiger partial charge in [-0.25, -0.2) is 13.6 Å². The first-order valence-electron chi connectivity index (χ1n) is 4.71. The molecule has 2 amide bonds. The largest absolute Gasteiger partial charge is 0.366 e. The number of hydrogen-bond donors (Lipinski definition) is 3. The van der Waals surface area contributed by atoms with Crippen LogP contribution in [0.4, 0.5) is 5.69 Å². The predicted molar refractivity (Wildman–Crippen MR) is 64.8 cm³/mol. The summed E-state index contributed by atoms with van der Waals surface area (Å²) in [6.07, 6.45) is 1.75. The monoisotopic (exact) mass is 269 g/mol. The minimum absolute atomic E-state index is 0.0270. The van der Waals surface area contributed by atoms with E-state index in [9.17, 15) is 18.0 Å². The molecule has 0 aliphatic heterocycles. The highest BCUT2D eigenvalue weighted by molar-refractivity contribution is 7.89. The summed E-state index contributed by atoms with van der Waals surface area (Å²) in [5, 5.41) is 7.26. The highest BCUT2D eigenvalue weighted by atomic mass is 32.2. The van der Waals surface area contributed by atoms with E-state index >= 15 is 0 Å². The van der Waals surface area contributed by atoms with E-state index in [1.54, 1.807) is 0 Å². The highest BCUT2D eigenvalue weighted by Gasteiger charge is 2.13. The van der Waals surface area contributed by atoms with E-state index in [2.05, 4.69) is 5.32 Å². The van der Waals surface area contributed by atoms with Crippen molar-refractivity contribution in [2.75, 3.05) is 5.32 Å². The lowest BCUT2D eigenvalue weighted by Gasteiger charge is -2.07. The Bertz CT molecular complexity index is 607. The summed E-state index contributed by atoms with van der Waals surface area (Å²) in [6.45, 7) is 0.